The highest BCUT2D eigenvalue weighted by Gasteiger charge is 2.05. The Morgan fingerprint density at radius 1 is 1.44 bits per heavy atom. The second-order valence-corrected chi connectivity index (χ2v) is 4.05. The number of benzene rings is 1. The summed E-state index contributed by atoms with van der Waals surface area (Å²) in [6.45, 7) is 2.13. The average Bonchev–Trinajstić information content (AvgIpc) is 2.85. The van der Waals surface area contributed by atoms with Crippen LogP contribution < -0.4 is 4.74 Å². The van der Waals surface area contributed by atoms with Crippen molar-refractivity contribution in [2.24, 2.45) is 0 Å². The Morgan fingerprint density at radius 3 is 3.00 bits per heavy atom. The molecule has 0 unspecified atom stereocenters. The van der Waals surface area contributed by atoms with Crippen LogP contribution in [0.15, 0.2) is 30.5 Å². The smallest absolute Gasteiger partial charge is 0.131 e. The third-order valence-electron chi connectivity index (χ3n) is 2.60. The van der Waals surface area contributed by atoms with Gasteiger partial charge in [0.1, 0.15) is 17.2 Å². The molecule has 2 rings (SSSR count). The second-order valence-electron chi connectivity index (χ2n) is 4.05. The van der Waals surface area contributed by atoms with Crippen molar-refractivity contribution in [1.82, 2.24) is 15.0 Å². The Hall–Kier alpha value is -2.17. The number of rotatable bonds is 5. The SMILES string of the molecule is COc1cccc(-c2cn(CCC(C)=O)nn2)c1. The van der Waals surface area contributed by atoms with Crippen molar-refractivity contribution in [3.05, 3.63) is 30.5 Å². The molecule has 5 nitrogen and oxygen atoms in total. The van der Waals surface area contributed by atoms with Crippen LogP contribution in [-0.2, 0) is 11.3 Å². The lowest BCUT2D eigenvalue weighted by Gasteiger charge is -2.00. The molecule has 0 spiro atoms. The van der Waals surface area contributed by atoms with E-state index in [2.05, 4.69) is 10.3 Å². The molecule has 1 aromatic heterocycles. The van der Waals surface area contributed by atoms with Gasteiger partial charge >= 0.3 is 0 Å². The molecule has 0 N–H and O–H groups in total. The lowest BCUT2D eigenvalue weighted by atomic mass is 10.1. The molecule has 0 aliphatic heterocycles. The van der Waals surface area contributed by atoms with Crippen LogP contribution in [0.3, 0.4) is 0 Å². The van der Waals surface area contributed by atoms with Crippen molar-refractivity contribution in [3.63, 3.8) is 0 Å². The first-order valence-corrected chi connectivity index (χ1v) is 5.73. The van der Waals surface area contributed by atoms with E-state index < -0.39 is 0 Å². The van der Waals surface area contributed by atoms with E-state index in [1.807, 2.05) is 30.5 Å². The van der Waals surface area contributed by atoms with Crippen LogP contribution in [-0.4, -0.2) is 27.9 Å². The number of Topliss-reactive ketones (excluding diaryl/α,β-unsaturated/α-hetero) is 1. The average molecular weight is 245 g/mol. The molecule has 0 fully saturated rings. The van der Waals surface area contributed by atoms with Gasteiger partial charge in [-0.25, -0.2) is 0 Å². The van der Waals surface area contributed by atoms with Crippen molar-refractivity contribution in [3.8, 4) is 17.0 Å². The molecule has 1 heterocycles. The van der Waals surface area contributed by atoms with Gasteiger partial charge in [0.2, 0.25) is 0 Å². The van der Waals surface area contributed by atoms with Crippen LogP contribution in [0.2, 0.25) is 0 Å². The molecule has 2 aromatic rings. The summed E-state index contributed by atoms with van der Waals surface area (Å²) in [5.41, 5.74) is 1.72. The van der Waals surface area contributed by atoms with Crippen molar-refractivity contribution < 1.29 is 9.53 Å². The Balaban J connectivity index is 2.15. The molecule has 5 heteroatoms. The maximum absolute atomic E-state index is 10.9. The fourth-order valence-corrected chi connectivity index (χ4v) is 1.59. The molecule has 0 radical (unpaired) electrons. The zero-order chi connectivity index (χ0) is 13.0. The number of ketones is 1. The number of hydrogen-bond donors (Lipinski definition) is 0. The normalized spacial score (nSPS) is 10.3. The first-order valence-electron chi connectivity index (χ1n) is 5.73. The van der Waals surface area contributed by atoms with Crippen molar-refractivity contribution in [2.45, 2.75) is 19.9 Å². The maximum atomic E-state index is 10.9. The number of aryl methyl sites for hydroxylation is 1. The standard InChI is InChI=1S/C13H15N3O2/c1-10(17)6-7-16-9-13(14-15-16)11-4-3-5-12(8-11)18-2/h3-5,8-9H,6-7H2,1-2H3. The molecule has 0 aliphatic carbocycles. The summed E-state index contributed by atoms with van der Waals surface area (Å²) in [4.78, 5) is 10.9. The van der Waals surface area contributed by atoms with Gasteiger partial charge in [0, 0.05) is 18.5 Å². The van der Waals surface area contributed by atoms with E-state index in [-0.39, 0.29) is 5.78 Å². The van der Waals surface area contributed by atoms with E-state index in [9.17, 15) is 4.79 Å². The van der Waals surface area contributed by atoms with Gasteiger partial charge in [-0.2, -0.15) is 0 Å². The van der Waals surface area contributed by atoms with Crippen molar-refractivity contribution in [2.75, 3.05) is 7.11 Å². The minimum Gasteiger partial charge on any atom is -0.497 e. The summed E-state index contributed by atoms with van der Waals surface area (Å²) in [5, 5.41) is 8.08. The number of aromatic nitrogens is 3. The molecular formula is C13H15N3O2. The highest BCUT2D eigenvalue weighted by atomic mass is 16.5. The summed E-state index contributed by atoms with van der Waals surface area (Å²) in [6, 6.07) is 7.63. The topological polar surface area (TPSA) is 57.0 Å². The van der Waals surface area contributed by atoms with Crippen LogP contribution >= 0.6 is 0 Å². The van der Waals surface area contributed by atoms with E-state index in [1.54, 1.807) is 18.7 Å². The molecule has 0 atom stereocenters. The first-order chi connectivity index (χ1) is 8.69. The van der Waals surface area contributed by atoms with E-state index >= 15 is 0 Å². The molecule has 0 bridgehead atoms. The van der Waals surface area contributed by atoms with Crippen LogP contribution in [0.1, 0.15) is 13.3 Å². The van der Waals surface area contributed by atoms with E-state index in [0.29, 0.717) is 13.0 Å². The Bertz CT molecular complexity index is 549. The number of carbonyl (C=O) groups excluding carboxylic acids is 1. The van der Waals surface area contributed by atoms with Gasteiger partial charge in [-0.3, -0.25) is 9.48 Å². The summed E-state index contributed by atoms with van der Waals surface area (Å²) < 4.78 is 6.84. The van der Waals surface area contributed by atoms with Gasteiger partial charge in [0.15, 0.2) is 0 Å². The zero-order valence-electron chi connectivity index (χ0n) is 10.5. The first kappa shape index (κ1) is 12.3. The van der Waals surface area contributed by atoms with Crippen LogP contribution in [0.4, 0.5) is 0 Å². The summed E-state index contributed by atoms with van der Waals surface area (Å²) in [7, 11) is 1.63. The highest BCUT2D eigenvalue weighted by molar-refractivity contribution is 5.75. The predicted molar refractivity (Wildman–Crippen MR) is 67.3 cm³/mol. The second kappa shape index (κ2) is 5.44. The van der Waals surface area contributed by atoms with Gasteiger partial charge in [0.25, 0.3) is 0 Å². The van der Waals surface area contributed by atoms with Crippen LogP contribution in [0.25, 0.3) is 11.3 Å². The zero-order valence-corrected chi connectivity index (χ0v) is 10.5. The fourth-order valence-electron chi connectivity index (χ4n) is 1.59. The molecule has 18 heavy (non-hydrogen) atoms. The number of hydrogen-bond acceptors (Lipinski definition) is 4. The predicted octanol–water partition coefficient (Wildman–Crippen LogP) is 1.93. The van der Waals surface area contributed by atoms with Gasteiger partial charge < -0.3 is 4.74 Å². The van der Waals surface area contributed by atoms with E-state index in [4.69, 9.17) is 4.74 Å². The third-order valence-corrected chi connectivity index (χ3v) is 2.60. The Morgan fingerprint density at radius 2 is 2.28 bits per heavy atom. The summed E-state index contributed by atoms with van der Waals surface area (Å²) in [5.74, 6) is 0.930. The Labute approximate surface area is 105 Å². The summed E-state index contributed by atoms with van der Waals surface area (Å²) in [6.07, 6.45) is 2.30. The van der Waals surface area contributed by atoms with Crippen molar-refractivity contribution in [1.29, 1.82) is 0 Å². The highest BCUT2D eigenvalue weighted by Crippen LogP contribution is 2.21. The lowest BCUT2D eigenvalue weighted by Crippen LogP contribution is -2.02. The minimum atomic E-state index is 0.147. The lowest BCUT2D eigenvalue weighted by molar-refractivity contribution is -0.117. The largest absolute Gasteiger partial charge is 0.497 e. The molecule has 0 saturated carbocycles. The fraction of sp³-hybridized carbons (Fsp3) is 0.308. The van der Waals surface area contributed by atoms with Crippen LogP contribution in [0.5, 0.6) is 5.75 Å². The molecule has 0 amide bonds. The monoisotopic (exact) mass is 245 g/mol. The molecular weight excluding hydrogens is 230 g/mol. The van der Waals surface area contributed by atoms with Crippen LogP contribution in [0, 0.1) is 0 Å². The number of carbonyl (C=O) groups is 1. The van der Waals surface area contributed by atoms with Crippen molar-refractivity contribution >= 4 is 5.78 Å². The van der Waals surface area contributed by atoms with Gasteiger partial charge in [-0.15, -0.1) is 5.10 Å². The quantitative estimate of drug-likeness (QED) is 0.807. The number of methoxy groups -OCH3 is 1. The van der Waals surface area contributed by atoms with Gasteiger partial charge in [0.05, 0.1) is 13.3 Å². The number of ether oxygens (including phenoxy) is 1. The van der Waals surface area contributed by atoms with E-state index in [0.717, 1.165) is 17.0 Å². The maximum Gasteiger partial charge on any atom is 0.131 e. The van der Waals surface area contributed by atoms with Gasteiger partial charge in [-0.05, 0) is 19.1 Å². The van der Waals surface area contributed by atoms with Gasteiger partial charge in [-0.1, -0.05) is 17.3 Å². The molecule has 94 valence electrons. The minimum absolute atomic E-state index is 0.147. The number of nitrogens with zero attached hydrogens (tertiary/aromatic N) is 3. The Kier molecular flexibility index (Phi) is 3.72. The molecule has 0 saturated heterocycles. The molecule has 0 aliphatic rings. The molecule has 1 aromatic carbocycles. The third kappa shape index (κ3) is 2.94. The van der Waals surface area contributed by atoms with E-state index in [1.165, 1.54) is 0 Å². The summed E-state index contributed by atoms with van der Waals surface area (Å²) >= 11 is 0.